The highest BCUT2D eigenvalue weighted by Crippen LogP contribution is 2.45. The van der Waals surface area contributed by atoms with Crippen LogP contribution in [0.3, 0.4) is 0 Å². The van der Waals surface area contributed by atoms with Crippen LogP contribution in [0.15, 0.2) is 71.5 Å². The van der Waals surface area contributed by atoms with E-state index in [2.05, 4.69) is 16.3 Å². The van der Waals surface area contributed by atoms with E-state index in [1.807, 2.05) is 34.9 Å². The number of anilines is 1. The highest BCUT2D eigenvalue weighted by Gasteiger charge is 2.47. The molecule has 5 heterocycles. The third-order valence-corrected chi connectivity index (χ3v) is 8.77. The Kier molecular flexibility index (Phi) is 6.04. The van der Waals surface area contributed by atoms with E-state index in [1.54, 1.807) is 40.1 Å². The Hall–Kier alpha value is -4.24. The highest BCUT2D eigenvalue weighted by molar-refractivity contribution is 6.16. The van der Waals surface area contributed by atoms with Crippen LogP contribution >= 0.6 is 0 Å². The molecule has 0 radical (unpaired) electrons. The van der Waals surface area contributed by atoms with Gasteiger partial charge in [-0.15, -0.1) is 0 Å². The second-order valence-corrected chi connectivity index (χ2v) is 11.2. The molecule has 1 saturated heterocycles. The molecule has 3 amide bonds. The molecule has 2 aromatic carbocycles. The molecule has 0 unspecified atom stereocenters. The molecule has 204 valence electrons. The van der Waals surface area contributed by atoms with Crippen LogP contribution in [0.25, 0.3) is 0 Å². The topological polar surface area (TPSA) is 95.0 Å². The van der Waals surface area contributed by atoms with Gasteiger partial charge in [0.1, 0.15) is 6.17 Å². The summed E-state index contributed by atoms with van der Waals surface area (Å²) in [4.78, 5) is 57.7. The maximum atomic E-state index is 13.5. The van der Waals surface area contributed by atoms with Crippen molar-refractivity contribution in [2.24, 2.45) is 5.92 Å². The summed E-state index contributed by atoms with van der Waals surface area (Å²) in [6.45, 7) is 4.02. The van der Waals surface area contributed by atoms with Crippen molar-refractivity contribution in [1.82, 2.24) is 19.7 Å². The average molecular weight is 538 g/mol. The maximum Gasteiger partial charge on any atom is 0.260 e. The molecule has 4 aliphatic heterocycles. The number of nitrogens with zero attached hydrogens (tertiary/aromatic N) is 4. The largest absolute Gasteiger partial charge is 0.355 e. The summed E-state index contributed by atoms with van der Waals surface area (Å²) < 4.78 is 1.93. The molecule has 0 spiro atoms. The van der Waals surface area contributed by atoms with Gasteiger partial charge in [0.25, 0.3) is 17.4 Å². The van der Waals surface area contributed by atoms with Gasteiger partial charge in [-0.05, 0) is 36.6 Å². The van der Waals surface area contributed by atoms with Crippen molar-refractivity contribution in [2.45, 2.75) is 31.5 Å². The van der Waals surface area contributed by atoms with Crippen molar-refractivity contribution in [3.05, 3.63) is 99.5 Å². The zero-order valence-electron chi connectivity index (χ0n) is 22.2. The molecular weight excluding hydrogens is 506 g/mol. The number of amides is 3. The van der Waals surface area contributed by atoms with Crippen LogP contribution in [0, 0.1) is 5.92 Å². The number of pyridine rings is 1. The van der Waals surface area contributed by atoms with Crippen LogP contribution in [0.4, 0.5) is 5.69 Å². The summed E-state index contributed by atoms with van der Waals surface area (Å²) in [5.41, 5.74) is 3.65. The molecule has 4 aliphatic rings. The molecule has 1 fully saturated rings. The first kappa shape index (κ1) is 24.8. The smallest absolute Gasteiger partial charge is 0.260 e. The Bertz CT molecular complexity index is 1580. The molecule has 7 rings (SSSR count). The van der Waals surface area contributed by atoms with Crippen molar-refractivity contribution in [1.29, 1.82) is 0 Å². The molecule has 1 aromatic heterocycles. The quantitative estimate of drug-likeness (QED) is 0.522. The van der Waals surface area contributed by atoms with Crippen LogP contribution in [0.5, 0.6) is 0 Å². The molecule has 0 aliphatic carbocycles. The number of fused-ring (bicyclic) bond motifs is 9. The first-order valence-corrected chi connectivity index (χ1v) is 14.0. The normalized spacial score (nSPS) is 22.9. The predicted octanol–water partition coefficient (Wildman–Crippen LogP) is 2.59. The number of hydrogen-bond acceptors (Lipinski definition) is 5. The highest BCUT2D eigenvalue weighted by atomic mass is 16.2. The summed E-state index contributed by atoms with van der Waals surface area (Å²) >= 11 is 0. The van der Waals surface area contributed by atoms with Crippen molar-refractivity contribution in [2.75, 3.05) is 37.6 Å². The van der Waals surface area contributed by atoms with Gasteiger partial charge in [-0.25, -0.2) is 0 Å². The number of hydrogen-bond donors (Lipinski definition) is 1. The molecule has 9 heteroatoms. The Morgan fingerprint density at radius 3 is 2.50 bits per heavy atom. The zero-order valence-corrected chi connectivity index (χ0v) is 22.2. The minimum atomic E-state index is -0.554. The van der Waals surface area contributed by atoms with Crippen molar-refractivity contribution < 1.29 is 14.4 Å². The van der Waals surface area contributed by atoms with E-state index in [1.165, 1.54) is 0 Å². The van der Waals surface area contributed by atoms with Gasteiger partial charge in [0.15, 0.2) is 0 Å². The molecule has 3 atom stereocenters. The van der Waals surface area contributed by atoms with Crippen LogP contribution in [0.2, 0.25) is 0 Å². The summed E-state index contributed by atoms with van der Waals surface area (Å²) in [6.07, 6.45) is 0.696. The standard InChI is InChI=1S/C31H31N5O4/c37-27(32-13-15-33-17-20-16-21(19-33)25-10-5-11-28(38)35(25)18-20)12-14-34-29-22-6-1-2-7-23(22)31(40)36(29)26-9-4-3-8-24(26)30(34)39/h1-11,20-21,29H,12-19H2,(H,32,37)/t20-,21+,29-/m1/s1. The second-order valence-electron chi connectivity index (χ2n) is 11.2. The Morgan fingerprint density at radius 1 is 0.825 bits per heavy atom. The number of aromatic nitrogens is 1. The zero-order chi connectivity index (χ0) is 27.4. The fourth-order valence-corrected chi connectivity index (χ4v) is 7.04. The van der Waals surface area contributed by atoms with E-state index in [0.717, 1.165) is 43.9 Å². The van der Waals surface area contributed by atoms with E-state index >= 15 is 0 Å². The van der Waals surface area contributed by atoms with Crippen LogP contribution in [-0.4, -0.2) is 64.8 Å². The Morgan fingerprint density at radius 2 is 1.62 bits per heavy atom. The lowest BCUT2D eigenvalue weighted by Gasteiger charge is -2.42. The molecule has 40 heavy (non-hydrogen) atoms. The first-order valence-electron chi connectivity index (χ1n) is 14.0. The molecule has 0 saturated carbocycles. The van der Waals surface area contributed by atoms with Crippen molar-refractivity contribution in [3.8, 4) is 0 Å². The lowest BCUT2D eigenvalue weighted by atomic mass is 9.83. The first-order chi connectivity index (χ1) is 19.5. The lowest BCUT2D eigenvalue weighted by molar-refractivity contribution is -0.121. The predicted molar refractivity (Wildman–Crippen MR) is 149 cm³/mol. The van der Waals surface area contributed by atoms with Crippen LogP contribution in [-0.2, 0) is 11.3 Å². The van der Waals surface area contributed by atoms with Gasteiger partial charge in [-0.2, -0.15) is 0 Å². The van der Waals surface area contributed by atoms with Gasteiger partial charge < -0.3 is 19.7 Å². The number of carbonyl (C=O) groups excluding carboxylic acids is 3. The van der Waals surface area contributed by atoms with E-state index < -0.39 is 6.17 Å². The Labute approximate surface area is 232 Å². The third kappa shape index (κ3) is 4.03. The minimum Gasteiger partial charge on any atom is -0.355 e. The van der Waals surface area contributed by atoms with E-state index in [-0.39, 0.29) is 36.2 Å². The summed E-state index contributed by atoms with van der Waals surface area (Å²) in [7, 11) is 0. The number of rotatable bonds is 6. The maximum absolute atomic E-state index is 13.5. The number of nitrogens with one attached hydrogen (secondary N) is 1. The number of carbonyl (C=O) groups is 3. The summed E-state index contributed by atoms with van der Waals surface area (Å²) in [5.74, 6) is 0.354. The molecule has 3 aromatic rings. The van der Waals surface area contributed by atoms with Gasteiger partial charge in [-0.1, -0.05) is 36.4 Å². The minimum absolute atomic E-state index is 0.0807. The molecule has 2 bridgehead atoms. The van der Waals surface area contributed by atoms with E-state index in [9.17, 15) is 19.2 Å². The average Bonchev–Trinajstić information content (AvgIpc) is 3.26. The number of piperidine rings is 1. The molecule has 9 nitrogen and oxygen atoms in total. The van der Waals surface area contributed by atoms with Gasteiger partial charge in [-0.3, -0.25) is 24.1 Å². The molecule has 1 N–H and O–H groups in total. The van der Waals surface area contributed by atoms with Crippen LogP contribution < -0.4 is 15.8 Å². The fourth-order valence-electron chi connectivity index (χ4n) is 7.04. The summed E-state index contributed by atoms with van der Waals surface area (Å²) in [5, 5.41) is 3.03. The third-order valence-electron chi connectivity index (χ3n) is 8.77. The second kappa shape index (κ2) is 9.75. The summed E-state index contributed by atoms with van der Waals surface area (Å²) in [6, 6.07) is 20.1. The van der Waals surface area contributed by atoms with Crippen molar-refractivity contribution >= 4 is 23.4 Å². The number of para-hydroxylation sites is 1. The lowest BCUT2D eigenvalue weighted by Crippen LogP contribution is -2.50. The van der Waals surface area contributed by atoms with Gasteiger partial charge in [0, 0.05) is 74.5 Å². The Balaban J connectivity index is 0.991. The number of benzene rings is 2. The monoisotopic (exact) mass is 537 g/mol. The van der Waals surface area contributed by atoms with Gasteiger partial charge in [0.2, 0.25) is 5.91 Å². The van der Waals surface area contributed by atoms with Gasteiger partial charge in [0.05, 0.1) is 11.3 Å². The van der Waals surface area contributed by atoms with E-state index in [4.69, 9.17) is 0 Å². The SMILES string of the molecule is O=C(CCN1C(=O)c2ccccc2N2C(=O)c3ccccc3[C@H]12)NCCN1C[C@H]2C[C@@H](C1)c1cccc(=O)n1C2. The number of likely N-dealkylation sites (tertiary alicyclic amines) is 1. The van der Waals surface area contributed by atoms with Crippen molar-refractivity contribution in [3.63, 3.8) is 0 Å². The van der Waals surface area contributed by atoms with E-state index in [0.29, 0.717) is 35.2 Å². The van der Waals surface area contributed by atoms with Crippen LogP contribution in [0.1, 0.15) is 56.9 Å². The van der Waals surface area contributed by atoms with Gasteiger partial charge >= 0.3 is 0 Å². The molecular formula is C31H31N5O4. The fraction of sp³-hybridized carbons (Fsp3) is 0.355.